The van der Waals surface area contributed by atoms with Crippen LogP contribution in [0.4, 0.5) is 0 Å². The van der Waals surface area contributed by atoms with Crippen LogP contribution < -0.4 is 0 Å². The van der Waals surface area contributed by atoms with Gasteiger partial charge in [0.1, 0.15) is 0 Å². The maximum absolute atomic E-state index is 2.16. The van der Waals surface area contributed by atoms with E-state index in [1.165, 1.54) is 11.1 Å². The Balaban J connectivity index is 2.73. The van der Waals surface area contributed by atoms with Crippen LogP contribution in [0, 0.1) is 0 Å². The fraction of sp³-hybridized carbons (Fsp3) is 0.333. The van der Waals surface area contributed by atoms with Gasteiger partial charge < -0.3 is 0 Å². The van der Waals surface area contributed by atoms with Gasteiger partial charge in [-0.15, -0.1) is 0 Å². The van der Waals surface area contributed by atoms with Gasteiger partial charge in [-0.3, -0.25) is 0 Å². The van der Waals surface area contributed by atoms with E-state index in [9.17, 15) is 0 Å². The Hall–Kier alpha value is -0.780. The van der Waals surface area contributed by atoms with Crippen LogP contribution in [-0.4, -0.2) is 0 Å². The molecule has 0 radical (unpaired) electrons. The van der Waals surface area contributed by atoms with E-state index in [2.05, 4.69) is 38.2 Å². The molecule has 1 aliphatic carbocycles. The minimum absolute atomic E-state index is 1.13. The van der Waals surface area contributed by atoms with Crippen molar-refractivity contribution in [1.29, 1.82) is 0 Å². The predicted molar refractivity (Wildman–Crippen MR) is 41.3 cm³/mol. The molecule has 0 spiro atoms. The van der Waals surface area contributed by atoms with E-state index in [0.717, 1.165) is 6.42 Å². The highest BCUT2D eigenvalue weighted by atomic mass is 14.0. The zero-order valence-electron chi connectivity index (χ0n) is 6.02. The lowest BCUT2D eigenvalue weighted by atomic mass is 10.0. The summed E-state index contributed by atoms with van der Waals surface area (Å²) in [5.74, 6) is 0. The summed E-state index contributed by atoms with van der Waals surface area (Å²) in [5, 5.41) is 0. The van der Waals surface area contributed by atoms with E-state index in [-0.39, 0.29) is 0 Å². The fourth-order valence-electron chi connectivity index (χ4n) is 0.974. The lowest BCUT2D eigenvalue weighted by molar-refractivity contribution is 1.13. The van der Waals surface area contributed by atoms with E-state index < -0.39 is 0 Å². The van der Waals surface area contributed by atoms with Gasteiger partial charge in [0.25, 0.3) is 0 Å². The number of rotatable bonds is 0. The van der Waals surface area contributed by atoms with Crippen molar-refractivity contribution in [3.63, 3.8) is 0 Å². The van der Waals surface area contributed by atoms with Gasteiger partial charge in [-0.2, -0.15) is 0 Å². The van der Waals surface area contributed by atoms with Crippen LogP contribution >= 0.6 is 0 Å². The molecule has 0 heteroatoms. The van der Waals surface area contributed by atoms with Gasteiger partial charge in [-0.25, -0.2) is 0 Å². The molecule has 0 fully saturated rings. The molecule has 9 heavy (non-hydrogen) atoms. The second-order valence-corrected chi connectivity index (χ2v) is 2.41. The van der Waals surface area contributed by atoms with Gasteiger partial charge >= 0.3 is 0 Å². The molecule has 0 aromatic heterocycles. The summed E-state index contributed by atoms with van der Waals surface area (Å²) in [5.41, 5.74) is 2.88. The Kier molecular flexibility index (Phi) is 1.88. The average molecular weight is 120 g/mol. The van der Waals surface area contributed by atoms with Crippen molar-refractivity contribution in [1.82, 2.24) is 0 Å². The summed E-state index contributed by atoms with van der Waals surface area (Å²) in [4.78, 5) is 0. The van der Waals surface area contributed by atoms with Crippen molar-refractivity contribution >= 4 is 0 Å². The van der Waals surface area contributed by atoms with Crippen molar-refractivity contribution in [2.24, 2.45) is 0 Å². The molecular weight excluding hydrogens is 108 g/mol. The van der Waals surface area contributed by atoms with Crippen LogP contribution in [0.25, 0.3) is 0 Å². The monoisotopic (exact) mass is 120 g/mol. The Morgan fingerprint density at radius 2 is 2.33 bits per heavy atom. The molecule has 0 aliphatic heterocycles. The summed E-state index contributed by atoms with van der Waals surface area (Å²) in [6.07, 6.45) is 9.72. The minimum atomic E-state index is 1.13. The highest BCUT2D eigenvalue weighted by Crippen LogP contribution is 2.15. The van der Waals surface area contributed by atoms with Gasteiger partial charge in [-0.05, 0) is 25.8 Å². The van der Waals surface area contributed by atoms with Crippen molar-refractivity contribution in [2.45, 2.75) is 20.3 Å². The first-order valence-electron chi connectivity index (χ1n) is 3.32. The minimum Gasteiger partial charge on any atom is -0.0841 e. The third-order valence-electron chi connectivity index (χ3n) is 1.54. The van der Waals surface area contributed by atoms with Gasteiger partial charge in [0.05, 0.1) is 0 Å². The van der Waals surface area contributed by atoms with E-state index in [4.69, 9.17) is 0 Å². The zero-order valence-corrected chi connectivity index (χ0v) is 6.02. The van der Waals surface area contributed by atoms with Crippen LogP contribution in [0.5, 0.6) is 0 Å². The number of hydrogen-bond acceptors (Lipinski definition) is 0. The maximum Gasteiger partial charge on any atom is -0.00700 e. The number of allylic oxidation sites excluding steroid dienone is 6. The first kappa shape index (κ1) is 6.34. The first-order chi connectivity index (χ1) is 4.33. The SMILES string of the molecule is C/C=C1/C=CC=C(C)C1. The Labute approximate surface area is 56.6 Å². The molecule has 0 atom stereocenters. The van der Waals surface area contributed by atoms with Crippen LogP contribution in [0.1, 0.15) is 20.3 Å². The molecule has 0 N–H and O–H groups in total. The summed E-state index contributed by atoms with van der Waals surface area (Å²) in [7, 11) is 0. The van der Waals surface area contributed by atoms with E-state index in [1.807, 2.05) is 0 Å². The molecule has 0 unspecified atom stereocenters. The van der Waals surface area contributed by atoms with Crippen molar-refractivity contribution in [2.75, 3.05) is 0 Å². The van der Waals surface area contributed by atoms with E-state index in [1.54, 1.807) is 0 Å². The normalized spacial score (nSPS) is 22.4. The lowest BCUT2D eigenvalue weighted by Crippen LogP contribution is -1.84. The van der Waals surface area contributed by atoms with E-state index in [0.29, 0.717) is 0 Å². The van der Waals surface area contributed by atoms with E-state index >= 15 is 0 Å². The van der Waals surface area contributed by atoms with Gasteiger partial charge in [-0.1, -0.05) is 29.9 Å². The average Bonchev–Trinajstić information content (AvgIpc) is 1.88. The smallest absolute Gasteiger partial charge is 0.00700 e. The van der Waals surface area contributed by atoms with Crippen molar-refractivity contribution < 1.29 is 0 Å². The van der Waals surface area contributed by atoms with Crippen LogP contribution in [0.15, 0.2) is 35.5 Å². The first-order valence-corrected chi connectivity index (χ1v) is 3.32. The largest absolute Gasteiger partial charge is 0.0841 e. The third-order valence-corrected chi connectivity index (χ3v) is 1.54. The van der Waals surface area contributed by atoms with Crippen LogP contribution in [0.3, 0.4) is 0 Å². The predicted octanol–water partition coefficient (Wildman–Crippen LogP) is 2.84. The molecule has 48 valence electrons. The van der Waals surface area contributed by atoms with Crippen molar-refractivity contribution in [3.8, 4) is 0 Å². The standard InChI is InChI=1S/C9H12/c1-3-9-6-4-5-8(2)7-9/h3-6H,7H2,1-2H3/b9-3-. The van der Waals surface area contributed by atoms with Gasteiger partial charge in [0.2, 0.25) is 0 Å². The molecule has 1 rings (SSSR count). The fourth-order valence-corrected chi connectivity index (χ4v) is 0.974. The summed E-state index contributed by atoms with van der Waals surface area (Å²) < 4.78 is 0. The Bertz CT molecular complexity index is 180. The zero-order chi connectivity index (χ0) is 6.69. The van der Waals surface area contributed by atoms with Gasteiger partial charge in [0, 0.05) is 0 Å². The summed E-state index contributed by atoms with van der Waals surface area (Å²) in [6.45, 7) is 4.24. The van der Waals surface area contributed by atoms with Crippen LogP contribution in [0.2, 0.25) is 0 Å². The molecule has 1 aliphatic rings. The molecular formula is C9H12. The quantitative estimate of drug-likeness (QED) is 0.461. The topological polar surface area (TPSA) is 0 Å². The second-order valence-electron chi connectivity index (χ2n) is 2.41. The highest BCUT2D eigenvalue weighted by molar-refractivity contribution is 5.32. The highest BCUT2D eigenvalue weighted by Gasteiger charge is 1.95. The van der Waals surface area contributed by atoms with Crippen LogP contribution in [-0.2, 0) is 0 Å². The number of hydrogen-bond donors (Lipinski definition) is 0. The third kappa shape index (κ3) is 1.56. The summed E-state index contributed by atoms with van der Waals surface area (Å²) >= 11 is 0. The van der Waals surface area contributed by atoms with Crippen molar-refractivity contribution in [3.05, 3.63) is 35.5 Å². The second kappa shape index (κ2) is 2.67. The van der Waals surface area contributed by atoms with Gasteiger partial charge in [0.15, 0.2) is 0 Å². The molecule has 0 amide bonds. The maximum atomic E-state index is 2.16. The molecule has 0 nitrogen and oxygen atoms in total. The molecule has 0 aromatic rings. The molecule has 0 aromatic carbocycles. The summed E-state index contributed by atoms with van der Waals surface area (Å²) in [6, 6.07) is 0. The molecule has 0 bridgehead atoms. The molecule has 0 saturated heterocycles. The Morgan fingerprint density at radius 1 is 1.56 bits per heavy atom. The molecule has 0 heterocycles. The lowest BCUT2D eigenvalue weighted by Gasteiger charge is -2.04. The molecule has 0 saturated carbocycles. The Morgan fingerprint density at radius 3 is 2.78 bits per heavy atom.